The van der Waals surface area contributed by atoms with Gasteiger partial charge in [-0.1, -0.05) is 0 Å². The Morgan fingerprint density at radius 1 is 0.958 bits per heavy atom. The quantitative estimate of drug-likeness (QED) is 0.176. The molecular formula is C8H11NNa4O10S. The van der Waals surface area contributed by atoms with E-state index in [0.717, 1.165) is 0 Å². The van der Waals surface area contributed by atoms with Gasteiger partial charge in [0.05, 0.1) is 12.8 Å². The fourth-order valence-electron chi connectivity index (χ4n) is 1.05. The molecular weight excluding hydrogens is 394 g/mol. The second kappa shape index (κ2) is 16.9. The van der Waals surface area contributed by atoms with Crippen LogP contribution in [0.1, 0.15) is 12.8 Å². The average molecular weight is 405 g/mol. The van der Waals surface area contributed by atoms with Crippen molar-refractivity contribution in [2.45, 2.75) is 24.2 Å². The molecule has 0 saturated heterocycles. The Kier molecular flexibility index (Phi) is 25.9. The largest absolute Gasteiger partial charge is 0.481 e. The van der Waals surface area contributed by atoms with Gasteiger partial charge < -0.3 is 20.7 Å². The van der Waals surface area contributed by atoms with Crippen molar-refractivity contribution in [3.05, 3.63) is 0 Å². The van der Waals surface area contributed by atoms with Crippen molar-refractivity contribution in [1.82, 2.24) is 0 Å². The minimum atomic E-state index is -5.07. The third kappa shape index (κ3) is 16.0. The summed E-state index contributed by atoms with van der Waals surface area (Å²) in [5, 5.41) is 14.6. The van der Waals surface area contributed by atoms with Crippen LogP contribution in [0.4, 0.5) is 0 Å². The maximum absolute atomic E-state index is 11.4. The van der Waals surface area contributed by atoms with Gasteiger partial charge in [-0.05, 0) is 0 Å². The van der Waals surface area contributed by atoms with Crippen LogP contribution >= 0.6 is 0 Å². The molecule has 2 atom stereocenters. The topological polar surface area (TPSA) is 198 Å². The first-order chi connectivity index (χ1) is 8.95. The first-order valence-electron chi connectivity index (χ1n) is 4.84. The number of carbonyl (C=O) groups excluding carboxylic acids is 2. The number of rotatable bonds is 8. The number of ether oxygens (including phenoxy) is 1. The first kappa shape index (κ1) is 36.7. The van der Waals surface area contributed by atoms with Crippen LogP contribution in [-0.4, -0.2) is 177 Å². The van der Waals surface area contributed by atoms with Gasteiger partial charge in [-0.3, -0.25) is 18.9 Å². The van der Waals surface area contributed by atoms with E-state index in [1.165, 1.54) is 0 Å². The van der Waals surface area contributed by atoms with E-state index >= 15 is 0 Å². The molecule has 0 rings (SSSR count). The summed E-state index contributed by atoms with van der Waals surface area (Å²) in [7, 11) is -5.07. The second-order valence-corrected chi connectivity index (χ2v) is 5.13. The number of amides is 1. The summed E-state index contributed by atoms with van der Waals surface area (Å²) in [5.41, 5.74) is 4.67. The summed E-state index contributed by atoms with van der Waals surface area (Å²) in [6, 6.07) is 0. The number of hydrogen-bond donors (Lipinski definition) is 4. The number of nitrogens with two attached hydrogens (primary N) is 1. The molecule has 0 aromatic heterocycles. The number of aliphatic carboxylic acids is 2. The Morgan fingerprint density at radius 2 is 1.38 bits per heavy atom. The molecule has 11 nitrogen and oxygen atoms in total. The van der Waals surface area contributed by atoms with Crippen LogP contribution in [-0.2, 0) is 34.0 Å². The SMILES string of the molecule is NC(=O)CC(C(=O)OC(CC(=O)O)C(=O)O)S(=O)(=O)O.[Na].[Na].[Na].[Na]. The van der Waals surface area contributed by atoms with E-state index in [1.54, 1.807) is 0 Å². The molecule has 0 aliphatic carbocycles. The molecule has 4 radical (unpaired) electrons. The third-order valence-corrected chi connectivity index (χ3v) is 2.98. The van der Waals surface area contributed by atoms with E-state index in [9.17, 15) is 27.6 Å². The number of esters is 1. The van der Waals surface area contributed by atoms with Crippen molar-refractivity contribution in [3.63, 3.8) is 0 Å². The van der Waals surface area contributed by atoms with E-state index in [0.29, 0.717) is 0 Å². The standard InChI is InChI=1S/C8H11NO10S.4Na/c9-5(10)2-4(20(16,17)18)8(15)19-3(7(13)14)1-6(11)12;;;;/h3-4H,1-2H2,(H2,9,10)(H,11,12)(H,13,14)(H,16,17,18);;;;. The Bertz CT molecular complexity index is 539. The van der Waals surface area contributed by atoms with Gasteiger partial charge in [-0.2, -0.15) is 8.42 Å². The van der Waals surface area contributed by atoms with Crippen LogP contribution in [0.25, 0.3) is 0 Å². The predicted molar refractivity (Wildman–Crippen MR) is 81.9 cm³/mol. The van der Waals surface area contributed by atoms with E-state index in [-0.39, 0.29) is 118 Å². The summed E-state index contributed by atoms with van der Waals surface area (Å²) in [6.45, 7) is 0. The van der Waals surface area contributed by atoms with Crippen molar-refractivity contribution in [1.29, 1.82) is 0 Å². The summed E-state index contributed by atoms with van der Waals surface area (Å²) in [5.74, 6) is -6.52. The minimum Gasteiger partial charge on any atom is -0.481 e. The predicted octanol–water partition coefficient (Wildman–Crippen LogP) is -3.93. The van der Waals surface area contributed by atoms with Gasteiger partial charge in [-0.15, -0.1) is 0 Å². The van der Waals surface area contributed by atoms with Crippen molar-refractivity contribution >= 4 is 152 Å². The fraction of sp³-hybridized carbons (Fsp3) is 0.500. The van der Waals surface area contributed by atoms with E-state index < -0.39 is 58.1 Å². The van der Waals surface area contributed by atoms with Crippen molar-refractivity contribution in [2.24, 2.45) is 5.73 Å². The van der Waals surface area contributed by atoms with Gasteiger partial charge in [0.1, 0.15) is 0 Å². The van der Waals surface area contributed by atoms with E-state index in [2.05, 4.69) is 10.5 Å². The zero-order chi connectivity index (χ0) is 16.1. The summed E-state index contributed by atoms with van der Waals surface area (Å²) in [4.78, 5) is 42.9. The molecule has 0 bridgehead atoms. The van der Waals surface area contributed by atoms with E-state index in [1.807, 2.05) is 0 Å². The van der Waals surface area contributed by atoms with Gasteiger partial charge in [0.15, 0.2) is 5.25 Å². The van der Waals surface area contributed by atoms with Crippen LogP contribution in [0.15, 0.2) is 0 Å². The zero-order valence-electron chi connectivity index (χ0n) is 13.8. The van der Waals surface area contributed by atoms with Crippen molar-refractivity contribution in [3.8, 4) is 0 Å². The summed E-state index contributed by atoms with van der Waals surface area (Å²) < 4.78 is 34.6. The molecule has 0 aliphatic heterocycles. The molecule has 0 aromatic rings. The normalized spacial score (nSPS) is 11.7. The van der Waals surface area contributed by atoms with Crippen molar-refractivity contribution < 1.29 is 47.1 Å². The Hall–Kier alpha value is 1.79. The van der Waals surface area contributed by atoms with Gasteiger partial charge in [0, 0.05) is 118 Å². The molecule has 0 spiro atoms. The first-order valence-corrected chi connectivity index (χ1v) is 6.35. The summed E-state index contributed by atoms with van der Waals surface area (Å²) >= 11 is 0. The van der Waals surface area contributed by atoms with Gasteiger partial charge in [0.2, 0.25) is 12.0 Å². The molecule has 118 valence electrons. The Balaban J connectivity index is -0.000000301. The van der Waals surface area contributed by atoms with Gasteiger partial charge in [0.25, 0.3) is 10.1 Å². The number of carbonyl (C=O) groups is 4. The van der Waals surface area contributed by atoms with Crippen LogP contribution < -0.4 is 5.73 Å². The molecule has 0 aromatic carbocycles. The monoisotopic (exact) mass is 405 g/mol. The number of primary amides is 1. The average Bonchev–Trinajstić information content (AvgIpc) is 2.22. The molecule has 0 heterocycles. The fourth-order valence-corrected chi connectivity index (χ4v) is 1.72. The summed E-state index contributed by atoms with van der Waals surface area (Å²) in [6.07, 6.45) is -4.44. The molecule has 2 unspecified atom stereocenters. The minimum absolute atomic E-state index is 0. The Morgan fingerprint density at radius 3 is 1.62 bits per heavy atom. The van der Waals surface area contributed by atoms with Crippen molar-refractivity contribution in [2.75, 3.05) is 0 Å². The molecule has 0 saturated carbocycles. The smallest absolute Gasteiger partial charge is 0.345 e. The number of carboxylic acids is 2. The molecule has 0 fully saturated rings. The molecule has 0 aliphatic rings. The molecule has 1 amide bonds. The molecule has 5 N–H and O–H groups in total. The second-order valence-electron chi connectivity index (χ2n) is 3.54. The van der Waals surface area contributed by atoms with Gasteiger partial charge in [-0.25, -0.2) is 4.79 Å². The third-order valence-electron chi connectivity index (χ3n) is 1.90. The van der Waals surface area contributed by atoms with Crippen LogP contribution in [0, 0.1) is 0 Å². The number of hydrogen-bond acceptors (Lipinski definition) is 7. The van der Waals surface area contributed by atoms with Crippen LogP contribution in [0.2, 0.25) is 0 Å². The van der Waals surface area contributed by atoms with Crippen LogP contribution in [0.3, 0.4) is 0 Å². The van der Waals surface area contributed by atoms with Crippen LogP contribution in [0.5, 0.6) is 0 Å². The molecule has 16 heteroatoms. The number of carboxylic acid groups (broad SMARTS) is 2. The molecule has 24 heavy (non-hydrogen) atoms. The Labute approximate surface area is 225 Å². The van der Waals surface area contributed by atoms with Gasteiger partial charge >= 0.3 is 17.9 Å². The maximum Gasteiger partial charge on any atom is 0.345 e. The van der Waals surface area contributed by atoms with E-state index in [4.69, 9.17) is 14.8 Å². The maximum atomic E-state index is 11.4. The zero-order valence-corrected chi connectivity index (χ0v) is 22.6.